The van der Waals surface area contributed by atoms with E-state index in [1.54, 1.807) is 18.2 Å². The molecule has 1 amide bonds. The van der Waals surface area contributed by atoms with Crippen LogP contribution in [0.2, 0.25) is 0 Å². The molecule has 4 aromatic carbocycles. The zero-order valence-electron chi connectivity index (χ0n) is 25.6. The van der Waals surface area contributed by atoms with Crippen molar-refractivity contribution >= 4 is 87.8 Å². The fourth-order valence-corrected chi connectivity index (χ4v) is 6.99. The van der Waals surface area contributed by atoms with E-state index in [2.05, 4.69) is 15.7 Å². The first-order valence-corrected chi connectivity index (χ1v) is 18.3. The van der Waals surface area contributed by atoms with Gasteiger partial charge in [0.05, 0.1) is 33.9 Å². The van der Waals surface area contributed by atoms with Gasteiger partial charge in [0.25, 0.3) is 36.3 Å². The van der Waals surface area contributed by atoms with Gasteiger partial charge in [-0.05, 0) is 30.3 Å². The lowest BCUT2D eigenvalue weighted by molar-refractivity contribution is -0.114. The topological polar surface area (TPSA) is 306 Å². The van der Waals surface area contributed by atoms with Crippen LogP contribution in [0.4, 0.5) is 28.4 Å². The van der Waals surface area contributed by atoms with Crippen molar-refractivity contribution in [3.8, 4) is 0 Å². The van der Waals surface area contributed by atoms with Crippen molar-refractivity contribution in [1.82, 2.24) is 0 Å². The number of amides is 1. The second-order valence-corrected chi connectivity index (χ2v) is 14.8. The predicted molar refractivity (Wildman–Crippen MR) is 180 cm³/mol. The highest BCUT2D eigenvalue weighted by Gasteiger charge is 2.37. The van der Waals surface area contributed by atoms with Crippen molar-refractivity contribution in [2.45, 2.75) is 21.6 Å². The first-order chi connectivity index (χ1) is 23.7. The van der Waals surface area contributed by atoms with Crippen molar-refractivity contribution in [1.29, 1.82) is 0 Å². The third-order valence-electron chi connectivity index (χ3n) is 7.25. The molecule has 0 spiro atoms. The Morgan fingerprint density at radius 2 is 1.14 bits per heavy atom. The monoisotopic (exact) mass is 757 g/mol. The van der Waals surface area contributed by atoms with Crippen molar-refractivity contribution in [3.63, 3.8) is 0 Å². The number of hydrogen-bond donors (Lipinski definition) is 7. The maximum atomic E-state index is 13.7. The van der Waals surface area contributed by atoms with Gasteiger partial charge in [-0.2, -0.15) is 30.4 Å². The third-order valence-corrected chi connectivity index (χ3v) is 9.93. The molecule has 1 aliphatic carbocycles. The molecule has 51 heavy (non-hydrogen) atoms. The summed E-state index contributed by atoms with van der Waals surface area (Å²) in [7, 11) is -16.0. The SMILES string of the molecule is CC(=O)/C(=N\Nc1cc(S(=O)(=O)O)c(Nc2cc(S(=O)(=O)O)c(N)c3c2C(=O)c2ccccc2C3=O)cc1S(=O)(=O)O)C(=O)Nc1ccccc1. The number of carbonyl (C=O) groups excluding carboxylic acids is 4. The summed E-state index contributed by atoms with van der Waals surface area (Å²) in [6.45, 7) is 0.935. The number of para-hydroxylation sites is 1. The van der Waals surface area contributed by atoms with Gasteiger partial charge in [-0.3, -0.25) is 38.3 Å². The fraction of sp³-hybridized carbons (Fsp3) is 0.0333. The van der Waals surface area contributed by atoms with E-state index in [1.807, 2.05) is 5.43 Å². The molecule has 0 radical (unpaired) electrons. The molecule has 0 bridgehead atoms. The van der Waals surface area contributed by atoms with E-state index in [4.69, 9.17) is 5.73 Å². The van der Waals surface area contributed by atoms with Crippen LogP contribution in [0.1, 0.15) is 38.8 Å². The van der Waals surface area contributed by atoms with E-state index < -0.39 is 108 Å². The second-order valence-electron chi connectivity index (χ2n) is 10.6. The van der Waals surface area contributed by atoms with E-state index in [0.717, 1.165) is 6.92 Å². The molecule has 0 saturated carbocycles. The number of fused-ring (bicyclic) bond motifs is 2. The van der Waals surface area contributed by atoms with E-state index >= 15 is 0 Å². The Morgan fingerprint density at radius 1 is 0.667 bits per heavy atom. The van der Waals surface area contributed by atoms with Crippen molar-refractivity contribution < 1.29 is 58.1 Å². The Balaban J connectivity index is 1.70. The van der Waals surface area contributed by atoms with Gasteiger partial charge in [0, 0.05) is 23.7 Å². The minimum absolute atomic E-state index is 0.180. The molecule has 0 aromatic heterocycles. The van der Waals surface area contributed by atoms with Gasteiger partial charge in [-0.15, -0.1) is 0 Å². The van der Waals surface area contributed by atoms with E-state index in [-0.39, 0.29) is 16.8 Å². The first-order valence-electron chi connectivity index (χ1n) is 13.9. The highest BCUT2D eigenvalue weighted by molar-refractivity contribution is 7.86. The van der Waals surface area contributed by atoms with Gasteiger partial charge in [-0.1, -0.05) is 42.5 Å². The number of rotatable bonds is 10. The molecule has 0 unspecified atom stereocenters. The van der Waals surface area contributed by atoms with Crippen molar-refractivity contribution in [3.05, 3.63) is 95.1 Å². The predicted octanol–water partition coefficient (Wildman–Crippen LogP) is 2.52. The largest absolute Gasteiger partial charge is 0.397 e. The first kappa shape index (κ1) is 36.4. The van der Waals surface area contributed by atoms with Crippen LogP contribution in [0.15, 0.2) is 92.6 Å². The van der Waals surface area contributed by atoms with Gasteiger partial charge in [0.1, 0.15) is 14.7 Å². The number of carbonyl (C=O) groups is 4. The van der Waals surface area contributed by atoms with Gasteiger partial charge < -0.3 is 16.4 Å². The van der Waals surface area contributed by atoms with Crippen LogP contribution < -0.4 is 21.8 Å². The third kappa shape index (κ3) is 7.23. The van der Waals surface area contributed by atoms with Crippen LogP contribution in [-0.2, 0) is 39.9 Å². The molecule has 0 atom stereocenters. The average Bonchev–Trinajstić information content (AvgIpc) is 3.03. The van der Waals surface area contributed by atoms with Crippen LogP contribution >= 0.6 is 0 Å². The molecule has 8 N–H and O–H groups in total. The van der Waals surface area contributed by atoms with E-state index in [9.17, 15) is 58.1 Å². The summed E-state index contributed by atoms with van der Waals surface area (Å²) in [5.41, 5.74) is 2.28. The molecule has 4 aromatic rings. The second kappa shape index (κ2) is 13.1. The van der Waals surface area contributed by atoms with Crippen LogP contribution in [0.25, 0.3) is 0 Å². The molecule has 0 saturated heterocycles. The Hall–Kier alpha value is -5.84. The Morgan fingerprint density at radius 3 is 1.67 bits per heavy atom. The lowest BCUT2D eigenvalue weighted by Gasteiger charge is -2.24. The normalized spacial score (nSPS) is 13.2. The van der Waals surface area contributed by atoms with Crippen molar-refractivity contribution in [2.75, 3.05) is 21.8 Å². The number of anilines is 5. The molecule has 0 fully saturated rings. The van der Waals surface area contributed by atoms with Crippen LogP contribution in [0.5, 0.6) is 0 Å². The number of benzene rings is 4. The maximum absolute atomic E-state index is 13.7. The summed E-state index contributed by atoms with van der Waals surface area (Å²) in [6.07, 6.45) is 0. The number of nitrogens with zero attached hydrogens (tertiary/aromatic N) is 1. The summed E-state index contributed by atoms with van der Waals surface area (Å²) >= 11 is 0. The minimum atomic E-state index is -5.41. The smallest absolute Gasteiger partial charge is 0.296 e. The standard InChI is InChI=1S/C30H23N5O13S3/c1-14(36)27(30(39)32-15-7-3-2-4-8-15)35-34-19-12-21(49(40,41)42)18(11-22(19)50(43,44)45)33-20-13-23(51(46,47)48)26(31)25-24(20)28(37)16-9-5-6-10-17(16)29(25)38/h2-13,33-34H,31H2,1H3,(H,32,39)(H,40,41,42)(H,43,44,45)(H,46,47,48)/b35-27+. The zero-order valence-corrected chi connectivity index (χ0v) is 28.1. The van der Waals surface area contributed by atoms with Crippen LogP contribution in [0, 0.1) is 0 Å². The van der Waals surface area contributed by atoms with E-state index in [1.165, 1.54) is 36.4 Å². The van der Waals surface area contributed by atoms with Crippen LogP contribution in [-0.4, -0.2) is 67.9 Å². The molecular weight excluding hydrogens is 735 g/mol. The number of hydrogen-bond acceptors (Lipinski definition) is 14. The molecular formula is C30H23N5O13S3. The van der Waals surface area contributed by atoms with Gasteiger partial charge >= 0.3 is 0 Å². The number of nitrogens with two attached hydrogens (primary N) is 1. The van der Waals surface area contributed by atoms with Crippen LogP contribution in [0.3, 0.4) is 0 Å². The van der Waals surface area contributed by atoms with Gasteiger partial charge in [0.2, 0.25) is 0 Å². The summed E-state index contributed by atoms with van der Waals surface area (Å²) in [5.74, 6) is -3.92. The lowest BCUT2D eigenvalue weighted by atomic mass is 9.82. The summed E-state index contributed by atoms with van der Waals surface area (Å²) in [4.78, 5) is 48.7. The zero-order chi connectivity index (χ0) is 37.6. The number of nitrogens with one attached hydrogen (secondary N) is 3. The number of ketones is 3. The highest BCUT2D eigenvalue weighted by atomic mass is 32.2. The summed E-state index contributed by atoms with van der Waals surface area (Å²) < 4.78 is 105. The molecule has 0 aliphatic heterocycles. The maximum Gasteiger partial charge on any atom is 0.296 e. The Bertz CT molecular complexity index is 2570. The molecule has 0 heterocycles. The average molecular weight is 758 g/mol. The molecule has 264 valence electrons. The minimum Gasteiger partial charge on any atom is -0.397 e. The quantitative estimate of drug-likeness (QED) is 0.0354. The van der Waals surface area contributed by atoms with Gasteiger partial charge in [0.15, 0.2) is 23.1 Å². The van der Waals surface area contributed by atoms with E-state index in [0.29, 0.717) is 18.2 Å². The number of Topliss-reactive ketones (excluding diaryl/α,β-unsaturated/α-hetero) is 1. The fourth-order valence-electron chi connectivity index (χ4n) is 5.04. The summed E-state index contributed by atoms with van der Waals surface area (Å²) in [5, 5.41) is 8.25. The Kier molecular flexibility index (Phi) is 9.38. The highest BCUT2D eigenvalue weighted by Crippen LogP contribution is 2.42. The van der Waals surface area contributed by atoms with Gasteiger partial charge in [-0.25, -0.2) is 0 Å². The lowest BCUT2D eigenvalue weighted by Crippen LogP contribution is -2.29. The molecule has 5 rings (SSSR count). The Labute approximate surface area is 288 Å². The summed E-state index contributed by atoms with van der Waals surface area (Å²) in [6, 6.07) is 14.4. The molecule has 21 heteroatoms. The number of nitrogen functional groups attached to an aromatic ring is 1. The molecule has 1 aliphatic rings. The van der Waals surface area contributed by atoms with Crippen molar-refractivity contribution in [2.24, 2.45) is 5.10 Å². The molecule has 18 nitrogen and oxygen atoms in total. The number of hydrazone groups is 1.